The Hall–Kier alpha value is -3.07. The first-order chi connectivity index (χ1) is 16.1. The van der Waals surface area contributed by atoms with Gasteiger partial charge in [0.1, 0.15) is 6.54 Å². The lowest BCUT2D eigenvalue weighted by Crippen LogP contribution is -2.38. The lowest BCUT2D eigenvalue weighted by Gasteiger charge is -2.24. The molecule has 0 aliphatic rings. The third kappa shape index (κ3) is 6.08. The molecule has 178 valence electrons. The van der Waals surface area contributed by atoms with E-state index in [1.165, 1.54) is 36.4 Å². The largest absolute Gasteiger partial charge is 0.462 e. The molecule has 0 atom stereocenters. The number of hydrogen-bond acceptors (Lipinski definition) is 5. The molecule has 0 heterocycles. The van der Waals surface area contributed by atoms with Gasteiger partial charge in [0.25, 0.3) is 10.0 Å². The van der Waals surface area contributed by atoms with Crippen LogP contribution in [0.4, 0.5) is 11.4 Å². The molecule has 1 N–H and O–H groups in total. The van der Waals surface area contributed by atoms with Crippen LogP contribution in [0.3, 0.4) is 0 Å². The maximum Gasteiger partial charge on any atom is 0.339 e. The number of rotatable bonds is 8. The number of carbonyl (C=O) groups is 2. The molecule has 34 heavy (non-hydrogen) atoms. The highest BCUT2D eigenvalue weighted by Crippen LogP contribution is 2.27. The first kappa shape index (κ1) is 25.6. The van der Waals surface area contributed by atoms with Gasteiger partial charge in [-0.1, -0.05) is 47.0 Å². The molecule has 0 aliphatic heterocycles. The summed E-state index contributed by atoms with van der Waals surface area (Å²) in [5, 5.41) is 3.09. The molecule has 0 radical (unpaired) electrons. The Labute approximate surface area is 208 Å². The van der Waals surface area contributed by atoms with Gasteiger partial charge >= 0.3 is 5.97 Å². The summed E-state index contributed by atoms with van der Waals surface area (Å²) in [6.07, 6.45) is 0. The van der Waals surface area contributed by atoms with Crippen molar-refractivity contribution in [3.63, 3.8) is 0 Å². The molecule has 0 bridgehead atoms. The number of ether oxygens (including phenoxy) is 1. The lowest BCUT2D eigenvalue weighted by molar-refractivity contribution is -0.114. The Morgan fingerprint density at radius 1 is 1.00 bits per heavy atom. The van der Waals surface area contributed by atoms with Crippen molar-refractivity contribution in [2.45, 2.75) is 18.7 Å². The molecule has 0 spiro atoms. The van der Waals surface area contributed by atoms with E-state index in [-0.39, 0.29) is 33.5 Å². The van der Waals surface area contributed by atoms with E-state index in [0.29, 0.717) is 5.02 Å². The summed E-state index contributed by atoms with van der Waals surface area (Å²) < 4.78 is 32.8. The topological polar surface area (TPSA) is 92.8 Å². The summed E-state index contributed by atoms with van der Waals surface area (Å²) in [4.78, 5) is 25.0. The van der Waals surface area contributed by atoms with E-state index >= 15 is 0 Å². The van der Waals surface area contributed by atoms with Gasteiger partial charge in [0.15, 0.2) is 0 Å². The van der Waals surface area contributed by atoms with Crippen LogP contribution in [0.1, 0.15) is 22.8 Å². The van der Waals surface area contributed by atoms with Gasteiger partial charge in [-0.05, 0) is 62.4 Å². The van der Waals surface area contributed by atoms with E-state index in [9.17, 15) is 18.0 Å². The van der Waals surface area contributed by atoms with Gasteiger partial charge in [-0.2, -0.15) is 0 Å². The molecular formula is C24H22Cl2N2O5S. The summed E-state index contributed by atoms with van der Waals surface area (Å²) >= 11 is 12.1. The zero-order valence-electron chi connectivity index (χ0n) is 18.4. The molecule has 0 aromatic heterocycles. The number of aryl methyl sites for hydroxylation is 1. The van der Waals surface area contributed by atoms with Crippen molar-refractivity contribution in [3.05, 3.63) is 87.9 Å². The number of hydrogen-bond donors (Lipinski definition) is 1. The first-order valence-electron chi connectivity index (χ1n) is 10.2. The Morgan fingerprint density at radius 3 is 2.35 bits per heavy atom. The van der Waals surface area contributed by atoms with Gasteiger partial charge in [-0.3, -0.25) is 9.10 Å². The Kier molecular flexibility index (Phi) is 8.19. The van der Waals surface area contributed by atoms with Crippen LogP contribution >= 0.6 is 23.2 Å². The minimum atomic E-state index is -4.09. The molecule has 1 amide bonds. The Morgan fingerprint density at radius 2 is 1.71 bits per heavy atom. The summed E-state index contributed by atoms with van der Waals surface area (Å²) in [6, 6.07) is 16.8. The minimum Gasteiger partial charge on any atom is -0.462 e. The second-order valence-electron chi connectivity index (χ2n) is 7.27. The van der Waals surface area contributed by atoms with Crippen molar-refractivity contribution >= 4 is 56.5 Å². The van der Waals surface area contributed by atoms with Crippen LogP contribution in [0.15, 0.2) is 71.6 Å². The molecule has 3 aromatic carbocycles. The van der Waals surface area contributed by atoms with Crippen LogP contribution in [0.25, 0.3) is 0 Å². The van der Waals surface area contributed by atoms with Crippen LogP contribution in [0, 0.1) is 6.92 Å². The zero-order chi connectivity index (χ0) is 24.9. The van der Waals surface area contributed by atoms with E-state index in [1.54, 1.807) is 37.3 Å². The molecule has 3 aromatic rings. The molecule has 0 aliphatic carbocycles. The van der Waals surface area contributed by atoms with Gasteiger partial charge in [0, 0.05) is 10.7 Å². The van der Waals surface area contributed by atoms with Crippen LogP contribution in [-0.2, 0) is 19.6 Å². The van der Waals surface area contributed by atoms with E-state index in [2.05, 4.69) is 5.32 Å². The molecule has 3 rings (SSSR count). The maximum absolute atomic E-state index is 13.4. The van der Waals surface area contributed by atoms with Crippen LogP contribution in [0.2, 0.25) is 10.0 Å². The summed E-state index contributed by atoms with van der Waals surface area (Å²) in [5.41, 5.74) is 1.47. The van der Waals surface area contributed by atoms with E-state index < -0.39 is 28.4 Å². The van der Waals surface area contributed by atoms with Crippen molar-refractivity contribution in [2.75, 3.05) is 22.8 Å². The van der Waals surface area contributed by atoms with Crippen molar-refractivity contribution in [3.8, 4) is 0 Å². The highest BCUT2D eigenvalue weighted by atomic mass is 35.5. The number of benzene rings is 3. The molecule has 0 saturated heterocycles. The number of esters is 1. The smallest absolute Gasteiger partial charge is 0.339 e. The summed E-state index contributed by atoms with van der Waals surface area (Å²) in [5.74, 6) is -1.26. The second kappa shape index (κ2) is 10.9. The quantitative estimate of drug-likeness (QED) is 0.406. The number of amides is 1. The molecule has 0 unspecified atom stereocenters. The van der Waals surface area contributed by atoms with E-state index in [4.69, 9.17) is 27.9 Å². The molecule has 7 nitrogen and oxygen atoms in total. The number of nitrogens with zero attached hydrogens (tertiary/aromatic N) is 1. The summed E-state index contributed by atoms with van der Waals surface area (Å²) in [7, 11) is -4.09. The van der Waals surface area contributed by atoms with E-state index in [0.717, 1.165) is 9.87 Å². The average Bonchev–Trinajstić information content (AvgIpc) is 2.79. The second-order valence-corrected chi connectivity index (χ2v) is 9.97. The fraction of sp³-hybridized carbons (Fsp3) is 0.167. The van der Waals surface area contributed by atoms with Crippen molar-refractivity contribution in [1.29, 1.82) is 0 Å². The number of halogens is 2. The fourth-order valence-corrected chi connectivity index (χ4v) is 4.88. The third-order valence-electron chi connectivity index (χ3n) is 4.74. The van der Waals surface area contributed by atoms with Gasteiger partial charge in [0.05, 0.1) is 27.8 Å². The number of anilines is 2. The number of carbonyl (C=O) groups excluding carboxylic acids is 2. The Bertz CT molecular complexity index is 1310. The van der Waals surface area contributed by atoms with Gasteiger partial charge in [0.2, 0.25) is 5.91 Å². The molecule has 10 heteroatoms. The molecule has 0 saturated carbocycles. The normalized spacial score (nSPS) is 11.1. The zero-order valence-corrected chi connectivity index (χ0v) is 20.7. The first-order valence-corrected chi connectivity index (χ1v) is 12.4. The maximum atomic E-state index is 13.4. The van der Waals surface area contributed by atoms with Gasteiger partial charge in [-0.15, -0.1) is 0 Å². The highest BCUT2D eigenvalue weighted by molar-refractivity contribution is 7.92. The van der Waals surface area contributed by atoms with Crippen LogP contribution < -0.4 is 9.62 Å². The summed E-state index contributed by atoms with van der Waals surface area (Å²) in [6.45, 7) is 3.14. The fourth-order valence-electron chi connectivity index (χ4n) is 3.08. The van der Waals surface area contributed by atoms with Crippen LogP contribution in [0.5, 0.6) is 0 Å². The molecule has 0 fully saturated rings. The van der Waals surface area contributed by atoms with Crippen molar-refractivity contribution < 1.29 is 22.7 Å². The van der Waals surface area contributed by atoms with E-state index in [1.807, 2.05) is 6.92 Å². The van der Waals surface area contributed by atoms with Gasteiger partial charge in [-0.25, -0.2) is 13.2 Å². The Balaban J connectivity index is 1.91. The number of nitrogens with one attached hydrogen (secondary N) is 1. The van der Waals surface area contributed by atoms with Crippen molar-refractivity contribution in [2.24, 2.45) is 0 Å². The molecular weight excluding hydrogens is 499 g/mol. The van der Waals surface area contributed by atoms with Crippen molar-refractivity contribution in [1.82, 2.24) is 0 Å². The highest BCUT2D eigenvalue weighted by Gasteiger charge is 2.27. The predicted octanol–water partition coefficient (Wildman–Crippen LogP) is 5.31. The predicted molar refractivity (Wildman–Crippen MR) is 133 cm³/mol. The average molecular weight is 521 g/mol. The SMILES string of the molecule is CCOC(=O)c1cc(NC(=O)CN(c2cccc(Cl)c2)S(=O)(=O)c2ccc(C)cc2)ccc1Cl. The third-order valence-corrected chi connectivity index (χ3v) is 7.09. The monoisotopic (exact) mass is 520 g/mol. The standard InChI is InChI=1S/C24H22Cl2N2O5S/c1-3-33-24(30)21-14-18(9-12-22(21)26)27-23(29)15-28(19-6-4-5-17(25)13-19)34(31,32)20-10-7-16(2)8-11-20/h4-14H,3,15H2,1-2H3,(H,27,29). The minimum absolute atomic E-state index is 0.0296. The van der Waals surface area contributed by atoms with Gasteiger partial charge < -0.3 is 10.1 Å². The van der Waals surface area contributed by atoms with Crippen LogP contribution in [-0.4, -0.2) is 33.4 Å². The lowest BCUT2D eigenvalue weighted by atomic mass is 10.2. The number of sulfonamides is 1.